The van der Waals surface area contributed by atoms with Crippen LogP contribution in [0.1, 0.15) is 17.0 Å². The van der Waals surface area contributed by atoms with E-state index in [9.17, 15) is 8.42 Å². The molecule has 154 valence electrons. The Hall–Kier alpha value is -2.48. The largest absolute Gasteiger partial charge is 0.497 e. The van der Waals surface area contributed by atoms with E-state index in [1.54, 1.807) is 14.2 Å². The molecule has 0 unspecified atom stereocenters. The molecule has 8 heteroatoms. The van der Waals surface area contributed by atoms with Gasteiger partial charge in [-0.05, 0) is 49.7 Å². The van der Waals surface area contributed by atoms with Crippen molar-refractivity contribution in [3.05, 3.63) is 47.3 Å². The van der Waals surface area contributed by atoms with Crippen LogP contribution in [0.15, 0.2) is 35.3 Å². The number of rotatable bonds is 7. The molecule has 1 aromatic carbocycles. The van der Waals surface area contributed by atoms with Crippen LogP contribution in [0.4, 0.5) is 0 Å². The van der Waals surface area contributed by atoms with Gasteiger partial charge in [-0.2, -0.15) is 0 Å². The second-order valence-electron chi connectivity index (χ2n) is 6.89. The van der Waals surface area contributed by atoms with E-state index in [4.69, 9.17) is 4.74 Å². The van der Waals surface area contributed by atoms with E-state index in [-0.39, 0.29) is 5.75 Å². The first-order chi connectivity index (χ1) is 13.2. The van der Waals surface area contributed by atoms with E-state index in [1.165, 1.54) is 11.8 Å². The van der Waals surface area contributed by atoms with Crippen LogP contribution in [0, 0.1) is 13.8 Å². The first kappa shape index (κ1) is 21.8. The maximum Gasteiger partial charge on any atom is 0.193 e. The highest BCUT2D eigenvalue weighted by atomic mass is 32.2. The van der Waals surface area contributed by atoms with Gasteiger partial charge in [-0.3, -0.25) is 4.99 Å². The molecule has 1 aromatic heterocycles. The maximum atomic E-state index is 11.3. The molecule has 0 saturated carbocycles. The fourth-order valence-corrected chi connectivity index (χ4v) is 3.65. The summed E-state index contributed by atoms with van der Waals surface area (Å²) in [5, 5.41) is 3.11. The number of aromatic nitrogens is 1. The number of methoxy groups -OCH3 is 1. The van der Waals surface area contributed by atoms with E-state index < -0.39 is 9.84 Å². The van der Waals surface area contributed by atoms with Gasteiger partial charge in [-0.25, -0.2) is 8.42 Å². The Balaban J connectivity index is 2.15. The van der Waals surface area contributed by atoms with E-state index in [0.29, 0.717) is 19.0 Å². The number of aryl methyl sites for hydroxylation is 1. The average molecular weight is 407 g/mol. The molecule has 0 saturated heterocycles. The van der Waals surface area contributed by atoms with Crippen LogP contribution in [0.25, 0.3) is 5.69 Å². The molecule has 28 heavy (non-hydrogen) atoms. The highest BCUT2D eigenvalue weighted by Crippen LogP contribution is 2.23. The van der Waals surface area contributed by atoms with Crippen molar-refractivity contribution in [2.45, 2.75) is 20.4 Å². The van der Waals surface area contributed by atoms with E-state index >= 15 is 0 Å². The van der Waals surface area contributed by atoms with Crippen LogP contribution < -0.4 is 10.1 Å². The molecule has 0 fully saturated rings. The molecule has 0 radical (unpaired) electrons. The van der Waals surface area contributed by atoms with E-state index in [0.717, 1.165) is 22.8 Å². The topological polar surface area (TPSA) is 75.9 Å². The van der Waals surface area contributed by atoms with Gasteiger partial charge in [0.1, 0.15) is 15.6 Å². The number of aliphatic imine (C=N–C) groups is 1. The minimum Gasteiger partial charge on any atom is -0.497 e. The Kier molecular flexibility index (Phi) is 7.12. The highest BCUT2D eigenvalue weighted by molar-refractivity contribution is 7.90. The van der Waals surface area contributed by atoms with Gasteiger partial charge in [-0.15, -0.1) is 0 Å². The lowest BCUT2D eigenvalue weighted by Gasteiger charge is -2.22. The second kappa shape index (κ2) is 9.14. The molecule has 0 aliphatic rings. The second-order valence-corrected chi connectivity index (χ2v) is 9.15. The molecule has 0 bridgehead atoms. The van der Waals surface area contributed by atoms with Gasteiger partial charge < -0.3 is 19.5 Å². The molecule has 0 aliphatic carbocycles. The number of sulfone groups is 1. The minimum atomic E-state index is -3.01. The van der Waals surface area contributed by atoms with E-state index in [1.807, 2.05) is 36.2 Å². The Bertz CT molecular complexity index is 931. The summed E-state index contributed by atoms with van der Waals surface area (Å²) in [6.07, 6.45) is 1.23. The van der Waals surface area contributed by atoms with Crippen LogP contribution in [0.2, 0.25) is 0 Å². The number of benzene rings is 1. The van der Waals surface area contributed by atoms with Crippen molar-refractivity contribution in [3.63, 3.8) is 0 Å². The van der Waals surface area contributed by atoms with Gasteiger partial charge in [-0.1, -0.05) is 0 Å². The highest BCUT2D eigenvalue weighted by Gasteiger charge is 2.14. The van der Waals surface area contributed by atoms with Crippen molar-refractivity contribution in [1.29, 1.82) is 0 Å². The summed E-state index contributed by atoms with van der Waals surface area (Å²) in [6.45, 7) is 5.18. The van der Waals surface area contributed by atoms with Crippen molar-refractivity contribution >= 4 is 15.8 Å². The quantitative estimate of drug-likeness (QED) is 0.563. The summed E-state index contributed by atoms with van der Waals surface area (Å²) in [5.41, 5.74) is 4.56. The summed E-state index contributed by atoms with van der Waals surface area (Å²) in [4.78, 5) is 6.24. The van der Waals surface area contributed by atoms with Crippen molar-refractivity contribution in [3.8, 4) is 11.4 Å². The van der Waals surface area contributed by atoms with Gasteiger partial charge in [0.15, 0.2) is 5.96 Å². The normalized spacial score (nSPS) is 12.1. The number of nitrogens with zero attached hydrogens (tertiary/aromatic N) is 3. The number of guanidine groups is 1. The summed E-state index contributed by atoms with van der Waals surface area (Å²) in [5.74, 6) is 1.57. The molecule has 1 heterocycles. The molecule has 0 spiro atoms. The third kappa shape index (κ3) is 5.51. The zero-order chi connectivity index (χ0) is 20.9. The van der Waals surface area contributed by atoms with Crippen molar-refractivity contribution in [1.82, 2.24) is 14.8 Å². The molecule has 0 amide bonds. The zero-order valence-corrected chi connectivity index (χ0v) is 18.3. The van der Waals surface area contributed by atoms with Gasteiger partial charge >= 0.3 is 0 Å². The summed E-state index contributed by atoms with van der Waals surface area (Å²) in [6, 6.07) is 10.1. The van der Waals surface area contributed by atoms with Crippen LogP contribution in [0.3, 0.4) is 0 Å². The van der Waals surface area contributed by atoms with Crippen LogP contribution in [0.5, 0.6) is 5.75 Å². The number of ether oxygens (including phenoxy) is 1. The smallest absolute Gasteiger partial charge is 0.193 e. The Labute approximate surface area is 168 Å². The molecular formula is C20H30N4O3S. The van der Waals surface area contributed by atoms with Crippen molar-refractivity contribution in [2.24, 2.45) is 4.99 Å². The van der Waals surface area contributed by atoms with Crippen molar-refractivity contribution < 1.29 is 13.2 Å². The molecule has 7 nitrogen and oxygen atoms in total. The molecular weight excluding hydrogens is 376 g/mol. The first-order valence-electron chi connectivity index (χ1n) is 9.08. The predicted octanol–water partition coefficient (Wildman–Crippen LogP) is 2.15. The predicted molar refractivity (Wildman–Crippen MR) is 114 cm³/mol. The molecule has 2 rings (SSSR count). The number of hydrogen-bond acceptors (Lipinski definition) is 4. The van der Waals surface area contributed by atoms with Gasteiger partial charge in [0.2, 0.25) is 0 Å². The average Bonchev–Trinajstić information content (AvgIpc) is 2.91. The van der Waals surface area contributed by atoms with E-state index in [2.05, 4.69) is 34.8 Å². The van der Waals surface area contributed by atoms with Crippen LogP contribution in [-0.2, 0) is 16.4 Å². The minimum absolute atomic E-state index is 0.0752. The summed E-state index contributed by atoms with van der Waals surface area (Å²) in [7, 11) is 2.29. The third-order valence-electron chi connectivity index (χ3n) is 4.60. The van der Waals surface area contributed by atoms with Crippen molar-refractivity contribution in [2.75, 3.05) is 39.8 Å². The lowest BCUT2D eigenvalue weighted by molar-refractivity contribution is 0.414. The first-order valence-corrected chi connectivity index (χ1v) is 11.1. The number of hydrogen-bond donors (Lipinski definition) is 1. The maximum absolute atomic E-state index is 11.3. The SMILES string of the molecule is CN=C(NCCS(C)(=O)=O)N(C)Cc1cc(C)n(-c2ccc(OC)cc2)c1C. The van der Waals surface area contributed by atoms with Gasteiger partial charge in [0, 0.05) is 50.5 Å². The fraction of sp³-hybridized carbons (Fsp3) is 0.450. The summed E-state index contributed by atoms with van der Waals surface area (Å²) < 4.78 is 30.1. The monoisotopic (exact) mass is 406 g/mol. The molecule has 2 aromatic rings. The Morgan fingerprint density at radius 1 is 1.25 bits per heavy atom. The lowest BCUT2D eigenvalue weighted by Crippen LogP contribution is -2.40. The number of nitrogens with one attached hydrogen (secondary N) is 1. The van der Waals surface area contributed by atoms with Crippen LogP contribution in [-0.4, -0.2) is 63.6 Å². The lowest BCUT2D eigenvalue weighted by atomic mass is 10.2. The third-order valence-corrected chi connectivity index (χ3v) is 5.55. The Morgan fingerprint density at radius 2 is 1.89 bits per heavy atom. The molecule has 0 atom stereocenters. The van der Waals surface area contributed by atoms with Gasteiger partial charge in [0.05, 0.1) is 12.9 Å². The standard InChI is InChI=1S/C20H30N4O3S/c1-15-13-17(14-23(4)20(21-3)22-11-12-28(6,25)26)16(2)24(15)18-7-9-19(27-5)10-8-18/h7-10,13H,11-12,14H2,1-6H3,(H,21,22). The Morgan fingerprint density at radius 3 is 2.43 bits per heavy atom. The molecule has 0 aliphatic heterocycles. The summed E-state index contributed by atoms with van der Waals surface area (Å²) >= 11 is 0. The molecule has 1 N–H and O–H groups in total. The van der Waals surface area contributed by atoms with Crippen LogP contribution >= 0.6 is 0 Å². The van der Waals surface area contributed by atoms with Gasteiger partial charge in [0.25, 0.3) is 0 Å². The fourth-order valence-electron chi connectivity index (χ4n) is 3.18. The zero-order valence-electron chi connectivity index (χ0n) is 17.5.